The molecule has 2 aliphatic heterocycles. The van der Waals surface area contributed by atoms with Crippen molar-refractivity contribution in [2.75, 3.05) is 36.8 Å². The number of benzene rings is 1. The number of anilines is 2. The molecule has 8 heteroatoms. The van der Waals surface area contributed by atoms with E-state index in [1.165, 1.54) is 29.8 Å². The molecule has 2 fully saturated rings. The van der Waals surface area contributed by atoms with Crippen LogP contribution in [0.1, 0.15) is 70.3 Å². The minimum Gasteiger partial charge on any atom is -0.491 e. The van der Waals surface area contributed by atoms with E-state index in [1.54, 1.807) is 0 Å². The van der Waals surface area contributed by atoms with Crippen molar-refractivity contribution >= 4 is 11.4 Å². The third kappa shape index (κ3) is 11.7. The molecule has 2 saturated heterocycles. The zero-order valence-corrected chi connectivity index (χ0v) is 27.0. The van der Waals surface area contributed by atoms with E-state index < -0.39 is 0 Å². The van der Waals surface area contributed by atoms with Crippen LogP contribution in [0, 0.1) is 13.8 Å². The standard InChI is InChI=1S/C24H35N3O2.C11H17N3/c1-17(2)28-23-13-20(14-24(15-23)29-18(3)4)16-27-10-7-21(8-11-27)26-22-6-9-25-19(5)12-22;1-9-8-11(4-7-13-9)14-10-2-5-12-6-3-10/h6,9,12-15,17-18,21H,7-8,10-11,16H2,1-5H3,(H,25,26);4,7-8,10,12H,2-3,5-6H2,1H3,(H,13,14). The average Bonchev–Trinajstić information content (AvgIpc) is 2.94. The molecule has 234 valence electrons. The summed E-state index contributed by atoms with van der Waals surface area (Å²) >= 11 is 0. The number of pyridine rings is 2. The van der Waals surface area contributed by atoms with Crippen LogP contribution < -0.4 is 25.4 Å². The Morgan fingerprint density at radius 2 is 1.23 bits per heavy atom. The van der Waals surface area contributed by atoms with Crippen molar-refractivity contribution in [1.82, 2.24) is 20.2 Å². The van der Waals surface area contributed by atoms with Gasteiger partial charge in [-0.3, -0.25) is 14.9 Å². The third-order valence-corrected chi connectivity index (χ3v) is 7.55. The number of nitrogens with zero attached hydrogens (tertiary/aromatic N) is 3. The number of hydrogen-bond acceptors (Lipinski definition) is 8. The van der Waals surface area contributed by atoms with Gasteiger partial charge in [0.05, 0.1) is 12.2 Å². The summed E-state index contributed by atoms with van der Waals surface area (Å²) < 4.78 is 11.9. The van der Waals surface area contributed by atoms with Crippen molar-refractivity contribution in [3.63, 3.8) is 0 Å². The van der Waals surface area contributed by atoms with E-state index in [0.29, 0.717) is 12.1 Å². The fraction of sp³-hybridized carbons (Fsp3) is 0.543. The molecule has 0 bridgehead atoms. The van der Waals surface area contributed by atoms with Crippen LogP contribution in [0.15, 0.2) is 54.9 Å². The van der Waals surface area contributed by atoms with Crippen LogP contribution in [-0.4, -0.2) is 65.3 Å². The lowest BCUT2D eigenvalue weighted by Crippen LogP contribution is -2.38. The highest BCUT2D eigenvalue weighted by molar-refractivity contribution is 5.45. The molecule has 2 aliphatic rings. The van der Waals surface area contributed by atoms with Crippen molar-refractivity contribution in [2.45, 2.75) is 98.1 Å². The van der Waals surface area contributed by atoms with Gasteiger partial charge in [0.15, 0.2) is 0 Å². The molecule has 1 aromatic carbocycles. The topological polar surface area (TPSA) is 83.6 Å². The summed E-state index contributed by atoms with van der Waals surface area (Å²) in [5, 5.41) is 10.6. The van der Waals surface area contributed by atoms with Crippen LogP contribution in [0.2, 0.25) is 0 Å². The highest BCUT2D eigenvalue weighted by Crippen LogP contribution is 2.27. The van der Waals surface area contributed by atoms with E-state index in [0.717, 1.165) is 68.5 Å². The second-order valence-corrected chi connectivity index (χ2v) is 12.4. The fourth-order valence-corrected chi connectivity index (χ4v) is 5.60. The lowest BCUT2D eigenvalue weighted by molar-refractivity contribution is 0.207. The van der Waals surface area contributed by atoms with Crippen molar-refractivity contribution in [3.05, 3.63) is 71.8 Å². The molecule has 3 N–H and O–H groups in total. The first-order chi connectivity index (χ1) is 20.7. The maximum absolute atomic E-state index is 5.95. The second-order valence-electron chi connectivity index (χ2n) is 12.4. The monoisotopic (exact) mass is 588 g/mol. The van der Waals surface area contributed by atoms with Gasteiger partial charge in [-0.15, -0.1) is 0 Å². The summed E-state index contributed by atoms with van der Waals surface area (Å²) in [5.74, 6) is 1.77. The zero-order chi connectivity index (χ0) is 30.6. The first-order valence-electron chi connectivity index (χ1n) is 16.0. The second kappa shape index (κ2) is 16.5. The Kier molecular flexibility index (Phi) is 12.5. The van der Waals surface area contributed by atoms with Gasteiger partial charge in [0, 0.05) is 72.9 Å². The van der Waals surface area contributed by atoms with Gasteiger partial charge in [-0.05, 0) is 122 Å². The molecule has 8 nitrogen and oxygen atoms in total. The number of aryl methyl sites for hydroxylation is 2. The molecule has 0 unspecified atom stereocenters. The molecule has 43 heavy (non-hydrogen) atoms. The summed E-state index contributed by atoms with van der Waals surface area (Å²) in [7, 11) is 0. The lowest BCUT2D eigenvalue weighted by Gasteiger charge is -2.33. The van der Waals surface area contributed by atoms with Gasteiger partial charge in [0.1, 0.15) is 11.5 Å². The Hall–Kier alpha value is -3.36. The van der Waals surface area contributed by atoms with Crippen LogP contribution in [0.25, 0.3) is 0 Å². The van der Waals surface area contributed by atoms with Gasteiger partial charge in [-0.2, -0.15) is 0 Å². The number of likely N-dealkylation sites (tertiary alicyclic amines) is 1. The molecule has 3 aromatic rings. The highest BCUT2D eigenvalue weighted by Gasteiger charge is 2.20. The molecular weight excluding hydrogens is 536 g/mol. The Bertz CT molecular complexity index is 1220. The number of nitrogens with one attached hydrogen (secondary N) is 3. The van der Waals surface area contributed by atoms with E-state index in [4.69, 9.17) is 9.47 Å². The van der Waals surface area contributed by atoms with Crippen molar-refractivity contribution in [2.24, 2.45) is 0 Å². The van der Waals surface area contributed by atoms with E-state index in [1.807, 2.05) is 38.4 Å². The van der Waals surface area contributed by atoms with Gasteiger partial charge >= 0.3 is 0 Å². The Morgan fingerprint density at radius 3 is 1.70 bits per heavy atom. The quantitative estimate of drug-likeness (QED) is 0.245. The van der Waals surface area contributed by atoms with Crippen LogP contribution >= 0.6 is 0 Å². The molecule has 0 amide bonds. The predicted octanol–water partition coefficient (Wildman–Crippen LogP) is 6.59. The van der Waals surface area contributed by atoms with Gasteiger partial charge in [-0.25, -0.2) is 0 Å². The van der Waals surface area contributed by atoms with Crippen LogP contribution in [0.3, 0.4) is 0 Å². The summed E-state index contributed by atoms with van der Waals surface area (Å²) in [5.41, 5.74) is 5.74. The number of rotatable bonds is 10. The highest BCUT2D eigenvalue weighted by atomic mass is 16.5. The van der Waals surface area contributed by atoms with Gasteiger partial charge in [-0.1, -0.05) is 0 Å². The van der Waals surface area contributed by atoms with E-state index in [2.05, 4.69) is 88.8 Å². The summed E-state index contributed by atoms with van der Waals surface area (Å²) in [4.78, 5) is 11.0. The molecule has 0 saturated carbocycles. The van der Waals surface area contributed by atoms with Crippen LogP contribution in [0.5, 0.6) is 11.5 Å². The molecule has 5 rings (SSSR count). The van der Waals surface area contributed by atoms with Crippen molar-refractivity contribution in [3.8, 4) is 11.5 Å². The van der Waals surface area contributed by atoms with E-state index >= 15 is 0 Å². The maximum Gasteiger partial charge on any atom is 0.123 e. The number of ether oxygens (including phenoxy) is 2. The molecule has 0 spiro atoms. The molecule has 0 atom stereocenters. The first-order valence-corrected chi connectivity index (χ1v) is 16.0. The molecule has 0 aliphatic carbocycles. The minimum absolute atomic E-state index is 0.149. The number of aromatic nitrogens is 2. The minimum atomic E-state index is 0.149. The van der Waals surface area contributed by atoms with E-state index in [9.17, 15) is 0 Å². The lowest BCUT2D eigenvalue weighted by atomic mass is 10.0. The average molecular weight is 589 g/mol. The van der Waals surface area contributed by atoms with Gasteiger partial charge in [0.2, 0.25) is 0 Å². The van der Waals surface area contributed by atoms with Crippen LogP contribution in [0.4, 0.5) is 11.4 Å². The third-order valence-electron chi connectivity index (χ3n) is 7.55. The van der Waals surface area contributed by atoms with Crippen molar-refractivity contribution in [1.29, 1.82) is 0 Å². The fourth-order valence-electron chi connectivity index (χ4n) is 5.60. The SMILES string of the molecule is Cc1cc(NC2CCN(Cc3cc(OC(C)C)cc(OC(C)C)c3)CC2)ccn1.Cc1cc(NC2CCNCC2)ccn1. The number of hydrogen-bond donors (Lipinski definition) is 3. The largest absolute Gasteiger partial charge is 0.491 e. The normalized spacial score (nSPS) is 16.5. The first kappa shape index (κ1) is 32.6. The number of piperidine rings is 2. The molecule has 2 aromatic heterocycles. The molecule has 4 heterocycles. The molecular formula is C35H52N6O2. The Morgan fingerprint density at radius 1 is 0.744 bits per heavy atom. The van der Waals surface area contributed by atoms with Gasteiger partial charge in [0.25, 0.3) is 0 Å². The van der Waals surface area contributed by atoms with Crippen molar-refractivity contribution < 1.29 is 9.47 Å². The summed E-state index contributed by atoms with van der Waals surface area (Å²) in [6.45, 7) is 17.6. The van der Waals surface area contributed by atoms with Crippen LogP contribution in [-0.2, 0) is 6.54 Å². The smallest absolute Gasteiger partial charge is 0.123 e. The van der Waals surface area contributed by atoms with E-state index in [-0.39, 0.29) is 12.2 Å². The molecule has 0 radical (unpaired) electrons. The predicted molar refractivity (Wildman–Crippen MR) is 177 cm³/mol. The van der Waals surface area contributed by atoms with Gasteiger partial charge < -0.3 is 25.4 Å². The Balaban J connectivity index is 0.000000251. The maximum atomic E-state index is 5.95. The summed E-state index contributed by atoms with van der Waals surface area (Å²) in [6, 6.07) is 15.7. The zero-order valence-electron chi connectivity index (χ0n) is 27.0. The Labute approximate surface area is 259 Å². The summed E-state index contributed by atoms with van der Waals surface area (Å²) in [6.07, 6.45) is 8.72.